The molecule has 0 saturated heterocycles. The van der Waals surface area contributed by atoms with Crippen LogP contribution in [0, 0.1) is 5.82 Å². The van der Waals surface area contributed by atoms with E-state index in [1.165, 1.54) is 18.2 Å². The van der Waals surface area contributed by atoms with Crippen LogP contribution in [-0.4, -0.2) is 28.5 Å². The molecule has 0 aromatic heterocycles. The molecule has 7 nitrogen and oxygen atoms in total. The second kappa shape index (κ2) is 8.42. The van der Waals surface area contributed by atoms with Gasteiger partial charge in [0.25, 0.3) is 5.91 Å². The number of rotatable bonds is 7. The molecule has 1 amide bonds. The number of benzene rings is 2. The summed E-state index contributed by atoms with van der Waals surface area (Å²) in [5.74, 6) is -1.98. The number of halogens is 4. The molecular weight excluding hydrogens is 388 g/mol. The first-order valence-electron chi connectivity index (χ1n) is 7.73. The lowest BCUT2D eigenvalue weighted by Gasteiger charge is -2.23. The van der Waals surface area contributed by atoms with Crippen molar-refractivity contribution in [2.24, 2.45) is 0 Å². The Balaban J connectivity index is 2.13. The molecule has 152 valence electrons. The average Bonchev–Trinajstić information content (AvgIpc) is 2.61. The molecule has 0 spiro atoms. The Kier molecular flexibility index (Phi) is 6.44. The van der Waals surface area contributed by atoms with Crippen LogP contribution in [0.1, 0.15) is 12.5 Å². The number of carbonyl (C=O) groups is 1. The van der Waals surface area contributed by atoms with Crippen molar-refractivity contribution in [2.45, 2.75) is 18.7 Å². The van der Waals surface area contributed by atoms with E-state index in [9.17, 15) is 27.5 Å². The zero-order valence-corrected chi connectivity index (χ0v) is 14.4. The van der Waals surface area contributed by atoms with Gasteiger partial charge in [-0.3, -0.25) is 4.79 Å². The third-order valence-electron chi connectivity index (χ3n) is 3.57. The SMILES string of the molecule is C[C@@](O)(COc1ccccc1F)C(=O)Nc1ccc(NOO)c(C(F)(F)F)c1. The number of alkyl halides is 3. The van der Waals surface area contributed by atoms with Gasteiger partial charge in [-0.05, 0) is 37.3 Å². The highest BCUT2D eigenvalue weighted by Gasteiger charge is 2.35. The summed E-state index contributed by atoms with van der Waals surface area (Å²) in [5, 5.41) is 20.6. The fourth-order valence-corrected chi connectivity index (χ4v) is 2.11. The number of aliphatic hydroxyl groups is 1. The summed E-state index contributed by atoms with van der Waals surface area (Å²) in [4.78, 5) is 15.7. The predicted molar refractivity (Wildman–Crippen MR) is 89.9 cm³/mol. The molecule has 0 aliphatic rings. The summed E-state index contributed by atoms with van der Waals surface area (Å²) in [6.45, 7) is 0.410. The van der Waals surface area contributed by atoms with Gasteiger partial charge in [0.15, 0.2) is 17.2 Å². The van der Waals surface area contributed by atoms with Gasteiger partial charge in [0.1, 0.15) is 6.61 Å². The monoisotopic (exact) mass is 404 g/mol. The first-order chi connectivity index (χ1) is 13.0. The number of hydrogen-bond donors (Lipinski definition) is 4. The minimum atomic E-state index is -4.82. The highest BCUT2D eigenvalue weighted by Crippen LogP contribution is 2.36. The minimum absolute atomic E-state index is 0.200. The van der Waals surface area contributed by atoms with Crippen LogP contribution in [-0.2, 0) is 16.0 Å². The van der Waals surface area contributed by atoms with Crippen LogP contribution in [0.15, 0.2) is 42.5 Å². The first-order valence-corrected chi connectivity index (χ1v) is 7.73. The van der Waals surface area contributed by atoms with Crippen LogP contribution in [0.5, 0.6) is 5.75 Å². The fourth-order valence-electron chi connectivity index (χ4n) is 2.11. The summed E-state index contributed by atoms with van der Waals surface area (Å²) in [6.07, 6.45) is -4.82. The highest BCUT2D eigenvalue weighted by atomic mass is 19.4. The maximum absolute atomic E-state index is 13.5. The standard InChI is InChI=1S/C17H16F4N2O5/c1-16(25,9-27-14-5-3-2-4-12(14)18)15(24)22-10-6-7-13(23-28-26)11(8-10)17(19,20)21/h2-8,23,25-26H,9H2,1H3,(H,22,24)/t16-/m1/s1. The summed E-state index contributed by atoms with van der Waals surface area (Å²) < 4.78 is 57.8. The van der Waals surface area contributed by atoms with E-state index < -0.39 is 41.4 Å². The zero-order chi connectivity index (χ0) is 20.9. The van der Waals surface area contributed by atoms with Crippen molar-refractivity contribution in [1.29, 1.82) is 0 Å². The van der Waals surface area contributed by atoms with Crippen molar-refractivity contribution in [2.75, 3.05) is 17.4 Å². The molecule has 11 heteroatoms. The van der Waals surface area contributed by atoms with Gasteiger partial charge >= 0.3 is 6.18 Å². The van der Waals surface area contributed by atoms with Crippen LogP contribution >= 0.6 is 0 Å². The molecule has 0 bridgehead atoms. The molecule has 1 atom stereocenters. The summed E-state index contributed by atoms with van der Waals surface area (Å²) in [6, 6.07) is 7.88. The van der Waals surface area contributed by atoms with Crippen LogP contribution in [0.3, 0.4) is 0 Å². The molecule has 2 aromatic carbocycles. The van der Waals surface area contributed by atoms with E-state index in [1.807, 2.05) is 0 Å². The van der Waals surface area contributed by atoms with Crippen LogP contribution in [0.4, 0.5) is 28.9 Å². The van der Waals surface area contributed by atoms with Crippen molar-refractivity contribution < 1.29 is 42.4 Å². The van der Waals surface area contributed by atoms with E-state index in [1.54, 1.807) is 5.48 Å². The second-order valence-electron chi connectivity index (χ2n) is 5.90. The first kappa shape index (κ1) is 21.4. The Morgan fingerprint density at radius 2 is 1.86 bits per heavy atom. The number of ether oxygens (including phenoxy) is 1. The number of nitrogens with one attached hydrogen (secondary N) is 2. The molecule has 0 fully saturated rings. The van der Waals surface area contributed by atoms with Crippen LogP contribution in [0.2, 0.25) is 0 Å². The van der Waals surface area contributed by atoms with Gasteiger partial charge in [-0.2, -0.15) is 13.2 Å². The predicted octanol–water partition coefficient (Wildman–Crippen LogP) is 3.43. The summed E-state index contributed by atoms with van der Waals surface area (Å²) in [5.41, 5.74) is -2.63. The maximum Gasteiger partial charge on any atom is 0.418 e. The van der Waals surface area contributed by atoms with E-state index in [-0.39, 0.29) is 11.4 Å². The molecule has 0 heterocycles. The van der Waals surface area contributed by atoms with Gasteiger partial charge in [0, 0.05) is 5.69 Å². The van der Waals surface area contributed by atoms with Gasteiger partial charge in [-0.15, -0.1) is 4.99 Å². The maximum atomic E-state index is 13.5. The number of para-hydroxylation sites is 1. The Hall–Kier alpha value is -2.89. The molecule has 0 radical (unpaired) electrons. The normalized spacial score (nSPS) is 13.5. The lowest BCUT2D eigenvalue weighted by atomic mass is 10.1. The minimum Gasteiger partial charge on any atom is -0.487 e. The largest absolute Gasteiger partial charge is 0.487 e. The average molecular weight is 404 g/mol. The van der Waals surface area contributed by atoms with E-state index in [4.69, 9.17) is 9.99 Å². The topological polar surface area (TPSA) is 100 Å². The molecule has 0 unspecified atom stereocenters. The van der Waals surface area contributed by atoms with Crippen molar-refractivity contribution in [1.82, 2.24) is 0 Å². The third-order valence-corrected chi connectivity index (χ3v) is 3.57. The molecular formula is C17H16F4N2O5. The number of anilines is 2. The third kappa shape index (κ3) is 5.31. The van der Waals surface area contributed by atoms with Gasteiger partial charge in [-0.25, -0.2) is 15.1 Å². The van der Waals surface area contributed by atoms with Crippen LogP contribution < -0.4 is 15.5 Å². The Bertz CT molecular complexity index is 843. The lowest BCUT2D eigenvalue weighted by Crippen LogP contribution is -2.45. The van der Waals surface area contributed by atoms with E-state index >= 15 is 0 Å². The van der Waals surface area contributed by atoms with Gasteiger partial charge in [-0.1, -0.05) is 12.1 Å². The smallest absolute Gasteiger partial charge is 0.418 e. The Morgan fingerprint density at radius 3 is 2.46 bits per heavy atom. The Labute approximate surface area is 156 Å². The molecule has 0 saturated carbocycles. The van der Waals surface area contributed by atoms with E-state index in [2.05, 4.69) is 10.3 Å². The van der Waals surface area contributed by atoms with Gasteiger partial charge in [0.2, 0.25) is 0 Å². The molecule has 2 aromatic rings. The Morgan fingerprint density at radius 1 is 1.18 bits per heavy atom. The van der Waals surface area contributed by atoms with Crippen molar-refractivity contribution in [3.8, 4) is 5.75 Å². The molecule has 4 N–H and O–H groups in total. The fraction of sp³-hybridized carbons (Fsp3) is 0.235. The quantitative estimate of drug-likeness (QED) is 0.321. The molecule has 2 rings (SSSR count). The van der Waals surface area contributed by atoms with Crippen molar-refractivity contribution in [3.63, 3.8) is 0 Å². The highest BCUT2D eigenvalue weighted by molar-refractivity contribution is 5.97. The van der Waals surface area contributed by atoms with E-state index in [0.717, 1.165) is 25.1 Å². The van der Waals surface area contributed by atoms with Gasteiger partial charge in [0.05, 0.1) is 11.3 Å². The summed E-state index contributed by atoms with van der Waals surface area (Å²) in [7, 11) is 0. The molecule has 0 aliphatic heterocycles. The zero-order valence-electron chi connectivity index (χ0n) is 14.4. The number of amides is 1. The number of carbonyl (C=O) groups excluding carboxylic acids is 1. The van der Waals surface area contributed by atoms with Crippen molar-refractivity contribution in [3.05, 3.63) is 53.8 Å². The van der Waals surface area contributed by atoms with Crippen molar-refractivity contribution >= 4 is 17.3 Å². The van der Waals surface area contributed by atoms with E-state index in [0.29, 0.717) is 6.07 Å². The summed E-state index contributed by atoms with van der Waals surface area (Å²) >= 11 is 0. The lowest BCUT2D eigenvalue weighted by molar-refractivity contribution is -0.216. The number of hydrogen-bond acceptors (Lipinski definition) is 6. The molecule has 28 heavy (non-hydrogen) atoms. The van der Waals surface area contributed by atoms with Gasteiger partial charge < -0.3 is 15.2 Å². The van der Waals surface area contributed by atoms with Crippen LogP contribution in [0.25, 0.3) is 0 Å². The second-order valence-corrected chi connectivity index (χ2v) is 5.90. The molecule has 0 aliphatic carbocycles.